The monoisotopic (exact) mass is 287 g/mol. The zero-order valence-corrected chi connectivity index (χ0v) is 8.74. The predicted molar refractivity (Wildman–Crippen MR) is 47.1 cm³/mol. The fraction of sp³-hybridized carbons (Fsp3) is 0.143. The summed E-state index contributed by atoms with van der Waals surface area (Å²) in [6, 6.07) is 0.597. The smallest absolute Gasteiger partial charge is 0.276 e. The van der Waals surface area contributed by atoms with E-state index in [-0.39, 0.29) is 10.0 Å². The van der Waals surface area contributed by atoms with Crippen molar-refractivity contribution >= 4 is 32.8 Å². The molecule has 1 heterocycles. The molecule has 0 atom stereocenters. The Hall–Kier alpha value is -0.620. The van der Waals surface area contributed by atoms with E-state index in [1.165, 1.54) is 0 Å². The van der Waals surface area contributed by atoms with Gasteiger partial charge in [0.15, 0.2) is 0 Å². The highest BCUT2D eigenvalue weighted by Crippen LogP contribution is 2.30. The van der Waals surface area contributed by atoms with E-state index in [1.54, 1.807) is 0 Å². The Morgan fingerprint density at radius 1 is 1.50 bits per heavy atom. The van der Waals surface area contributed by atoms with Gasteiger partial charge >= 0.3 is 6.18 Å². The number of halogens is 5. The topological polar surface area (TPSA) is 30.0 Å². The summed E-state index contributed by atoms with van der Waals surface area (Å²) in [6.45, 7) is 0. The second-order valence-corrected chi connectivity index (χ2v) is 3.52. The van der Waals surface area contributed by atoms with Gasteiger partial charge in [0.1, 0.15) is 5.69 Å². The van der Waals surface area contributed by atoms with Crippen LogP contribution in [-0.2, 0) is 6.18 Å². The van der Waals surface area contributed by atoms with Crippen molar-refractivity contribution in [1.82, 2.24) is 4.98 Å². The van der Waals surface area contributed by atoms with Crippen molar-refractivity contribution in [3.8, 4) is 0 Å². The average Bonchev–Trinajstić information content (AvgIpc) is 2.02. The van der Waals surface area contributed by atoms with Gasteiger partial charge in [-0.1, -0.05) is 0 Å². The molecule has 0 saturated heterocycles. The number of alkyl halides is 3. The first-order valence-electron chi connectivity index (χ1n) is 3.25. The maximum absolute atomic E-state index is 12.1. The molecular weight excluding hydrogens is 286 g/mol. The summed E-state index contributed by atoms with van der Waals surface area (Å²) < 4.78 is 36.5. The number of carbonyl (C=O) groups excluding carboxylic acids is 1. The van der Waals surface area contributed by atoms with Crippen LogP contribution in [0.15, 0.2) is 16.7 Å². The first kappa shape index (κ1) is 11.5. The Bertz CT molecular complexity index is 380. The minimum absolute atomic E-state index is 0.130. The molecule has 0 spiro atoms. The number of carbonyl (C=O) groups is 1. The number of hydrogen-bond donors (Lipinski definition) is 0. The third-order valence-corrected chi connectivity index (χ3v) is 2.19. The molecule has 0 unspecified atom stereocenters. The molecular formula is C7H2BrClF3NO. The zero-order chi connectivity index (χ0) is 10.9. The molecule has 1 rings (SSSR count). The van der Waals surface area contributed by atoms with Crippen LogP contribution in [0.5, 0.6) is 0 Å². The van der Waals surface area contributed by atoms with E-state index >= 15 is 0 Å². The van der Waals surface area contributed by atoms with Gasteiger partial charge in [0.2, 0.25) is 0 Å². The Morgan fingerprint density at radius 3 is 2.50 bits per heavy atom. The van der Waals surface area contributed by atoms with Crippen molar-refractivity contribution in [1.29, 1.82) is 0 Å². The fourth-order valence-corrected chi connectivity index (χ4v) is 1.41. The standard InChI is InChI=1S/C7H2BrClF3NO/c8-4-2-13-5(7(10,11)12)1-3(4)6(9)14/h1-2H. The number of aromatic nitrogens is 1. The molecule has 0 aliphatic rings. The molecule has 76 valence electrons. The molecule has 0 aliphatic carbocycles. The Balaban J connectivity index is 3.27. The van der Waals surface area contributed by atoms with E-state index in [0.717, 1.165) is 6.20 Å². The van der Waals surface area contributed by atoms with Crippen molar-refractivity contribution in [2.24, 2.45) is 0 Å². The fourth-order valence-electron chi connectivity index (χ4n) is 0.744. The maximum atomic E-state index is 12.1. The highest BCUT2D eigenvalue weighted by Gasteiger charge is 2.33. The van der Waals surface area contributed by atoms with Gasteiger partial charge in [-0.15, -0.1) is 0 Å². The first-order chi connectivity index (χ1) is 6.32. The quantitative estimate of drug-likeness (QED) is 0.743. The molecule has 0 bridgehead atoms. The molecule has 7 heteroatoms. The van der Waals surface area contributed by atoms with Crippen molar-refractivity contribution in [2.45, 2.75) is 6.18 Å². The summed E-state index contributed by atoms with van der Waals surface area (Å²) in [5.41, 5.74) is -1.40. The minimum atomic E-state index is -4.58. The molecule has 2 nitrogen and oxygen atoms in total. The van der Waals surface area contributed by atoms with Crippen LogP contribution < -0.4 is 0 Å². The molecule has 0 radical (unpaired) electrons. The van der Waals surface area contributed by atoms with Gasteiger partial charge in [0.25, 0.3) is 5.24 Å². The SMILES string of the molecule is O=C(Cl)c1cc(C(F)(F)F)ncc1Br. The van der Waals surface area contributed by atoms with Crippen molar-refractivity contribution in [3.63, 3.8) is 0 Å². The normalized spacial score (nSPS) is 11.5. The van der Waals surface area contributed by atoms with Gasteiger partial charge in [-0.25, -0.2) is 0 Å². The minimum Gasteiger partial charge on any atom is -0.276 e. The molecule has 0 N–H and O–H groups in total. The lowest BCUT2D eigenvalue weighted by atomic mass is 10.2. The highest BCUT2D eigenvalue weighted by molar-refractivity contribution is 9.10. The van der Waals surface area contributed by atoms with E-state index in [0.29, 0.717) is 6.07 Å². The third-order valence-electron chi connectivity index (χ3n) is 1.36. The largest absolute Gasteiger partial charge is 0.433 e. The summed E-state index contributed by atoms with van der Waals surface area (Å²) in [6.07, 6.45) is -3.69. The predicted octanol–water partition coefficient (Wildman–Crippen LogP) is 3.24. The Labute approximate surface area is 90.2 Å². The van der Waals surface area contributed by atoms with Crippen molar-refractivity contribution in [2.75, 3.05) is 0 Å². The second kappa shape index (κ2) is 3.86. The number of hydrogen-bond acceptors (Lipinski definition) is 2. The van der Waals surface area contributed by atoms with Gasteiger partial charge < -0.3 is 0 Å². The van der Waals surface area contributed by atoms with Crippen LogP contribution in [-0.4, -0.2) is 10.2 Å². The second-order valence-electron chi connectivity index (χ2n) is 2.32. The van der Waals surface area contributed by atoms with Gasteiger partial charge in [0, 0.05) is 10.7 Å². The zero-order valence-electron chi connectivity index (χ0n) is 6.40. The molecule has 14 heavy (non-hydrogen) atoms. The van der Waals surface area contributed by atoms with E-state index in [2.05, 4.69) is 20.9 Å². The van der Waals surface area contributed by atoms with E-state index < -0.39 is 17.1 Å². The number of pyridine rings is 1. The van der Waals surface area contributed by atoms with Crippen LogP contribution in [0.4, 0.5) is 13.2 Å². The molecule has 1 aromatic heterocycles. The van der Waals surface area contributed by atoms with Gasteiger partial charge in [0.05, 0.1) is 5.56 Å². The van der Waals surface area contributed by atoms with Crippen molar-refractivity contribution in [3.05, 3.63) is 28.0 Å². The van der Waals surface area contributed by atoms with Gasteiger partial charge in [-0.05, 0) is 33.6 Å². The Morgan fingerprint density at radius 2 is 2.07 bits per heavy atom. The summed E-state index contributed by atoms with van der Waals surface area (Å²) in [7, 11) is 0. The van der Waals surface area contributed by atoms with E-state index in [4.69, 9.17) is 11.6 Å². The van der Waals surface area contributed by atoms with Gasteiger partial charge in [-0.3, -0.25) is 9.78 Å². The van der Waals surface area contributed by atoms with Crippen LogP contribution in [0, 0.1) is 0 Å². The van der Waals surface area contributed by atoms with Crippen LogP contribution in [0.1, 0.15) is 16.1 Å². The summed E-state index contributed by atoms with van der Waals surface area (Å²) in [5, 5.41) is -0.968. The van der Waals surface area contributed by atoms with Crippen LogP contribution >= 0.6 is 27.5 Å². The van der Waals surface area contributed by atoms with Crippen molar-refractivity contribution < 1.29 is 18.0 Å². The molecule has 0 aliphatic heterocycles. The summed E-state index contributed by atoms with van der Waals surface area (Å²) in [5.74, 6) is 0. The Kier molecular flexibility index (Phi) is 3.16. The number of nitrogens with zero attached hydrogens (tertiary/aromatic N) is 1. The highest BCUT2D eigenvalue weighted by atomic mass is 79.9. The van der Waals surface area contributed by atoms with E-state index in [9.17, 15) is 18.0 Å². The number of rotatable bonds is 1. The lowest BCUT2D eigenvalue weighted by molar-refractivity contribution is -0.141. The lowest BCUT2D eigenvalue weighted by Crippen LogP contribution is -2.09. The van der Waals surface area contributed by atoms with E-state index in [1.807, 2.05) is 0 Å². The molecule has 0 saturated carbocycles. The molecule has 0 fully saturated rings. The van der Waals surface area contributed by atoms with Gasteiger partial charge in [-0.2, -0.15) is 13.2 Å². The van der Waals surface area contributed by atoms with Crippen LogP contribution in [0.25, 0.3) is 0 Å². The van der Waals surface area contributed by atoms with Crippen LogP contribution in [0.2, 0.25) is 0 Å². The average molecular weight is 288 g/mol. The molecule has 0 amide bonds. The molecule has 0 aromatic carbocycles. The maximum Gasteiger partial charge on any atom is 0.433 e. The molecule has 1 aromatic rings. The third kappa shape index (κ3) is 2.45. The summed E-state index contributed by atoms with van der Waals surface area (Å²) in [4.78, 5) is 13.8. The summed E-state index contributed by atoms with van der Waals surface area (Å²) >= 11 is 7.93. The first-order valence-corrected chi connectivity index (χ1v) is 4.42. The van der Waals surface area contributed by atoms with Crippen LogP contribution in [0.3, 0.4) is 0 Å². The lowest BCUT2D eigenvalue weighted by Gasteiger charge is -2.06.